The molecule has 1 aromatic carbocycles. The van der Waals surface area contributed by atoms with Crippen LogP contribution in [0, 0.1) is 11.3 Å². The quantitative estimate of drug-likeness (QED) is 0.622. The van der Waals surface area contributed by atoms with Crippen molar-refractivity contribution in [3.8, 4) is 17.6 Å². The van der Waals surface area contributed by atoms with Crippen molar-refractivity contribution < 1.29 is 14.2 Å². The first kappa shape index (κ1) is 20.0. The third-order valence-corrected chi connectivity index (χ3v) is 5.06. The van der Waals surface area contributed by atoms with E-state index in [9.17, 15) is 0 Å². The van der Waals surface area contributed by atoms with Crippen molar-refractivity contribution in [2.45, 2.75) is 13.0 Å². The Kier molecular flexibility index (Phi) is 8.49. The van der Waals surface area contributed by atoms with Crippen molar-refractivity contribution in [1.29, 1.82) is 5.26 Å². The Balaban J connectivity index is 2.03. The minimum Gasteiger partial charge on any atom is -0.493 e. The number of ether oxygens (including phenoxy) is 3. The molecular weight excluding hydrogens is 386 g/mol. The number of halogens is 1. The highest BCUT2D eigenvalue weighted by Gasteiger charge is 2.15. The van der Waals surface area contributed by atoms with Gasteiger partial charge in [0.1, 0.15) is 0 Å². The van der Waals surface area contributed by atoms with Crippen LogP contribution in [0.3, 0.4) is 0 Å². The Morgan fingerprint density at radius 1 is 1.20 bits per heavy atom. The van der Waals surface area contributed by atoms with Gasteiger partial charge in [0.2, 0.25) is 0 Å². The Hall–Kier alpha value is -1.33. The van der Waals surface area contributed by atoms with Crippen molar-refractivity contribution in [1.82, 2.24) is 9.80 Å². The van der Waals surface area contributed by atoms with Gasteiger partial charge in [0, 0.05) is 50.2 Å². The van der Waals surface area contributed by atoms with Gasteiger partial charge < -0.3 is 14.2 Å². The van der Waals surface area contributed by atoms with Gasteiger partial charge in [-0.1, -0.05) is 15.9 Å². The minimum atomic E-state index is 0.522. The number of methoxy groups -OCH3 is 2. The number of nitriles is 1. The smallest absolute Gasteiger partial charge is 0.161 e. The summed E-state index contributed by atoms with van der Waals surface area (Å²) in [6.45, 7) is 6.98. The lowest BCUT2D eigenvalue weighted by molar-refractivity contribution is 0.0330. The van der Waals surface area contributed by atoms with E-state index in [1.54, 1.807) is 14.2 Å². The summed E-state index contributed by atoms with van der Waals surface area (Å²) in [6.07, 6.45) is 0.522. The van der Waals surface area contributed by atoms with Gasteiger partial charge in [-0.2, -0.15) is 5.26 Å². The average Bonchev–Trinajstić information content (AvgIpc) is 2.65. The lowest BCUT2D eigenvalue weighted by atomic mass is 10.1. The highest BCUT2D eigenvalue weighted by atomic mass is 79.9. The summed E-state index contributed by atoms with van der Waals surface area (Å²) in [5, 5.41) is 8.95. The number of hydrogen-bond donors (Lipinski definition) is 0. The number of nitrogens with zero attached hydrogens (tertiary/aromatic N) is 3. The van der Waals surface area contributed by atoms with Crippen LogP contribution < -0.4 is 9.47 Å². The van der Waals surface area contributed by atoms with Gasteiger partial charge in [-0.3, -0.25) is 9.80 Å². The van der Waals surface area contributed by atoms with Gasteiger partial charge >= 0.3 is 0 Å². The standard InChI is InChI=1S/C18H26BrN3O3/c1-23-17-12-15(16(19)13-18(17)24-2)14-22(5-3-4-20)7-6-21-8-10-25-11-9-21/h12-13H,3,5-11,14H2,1-2H3. The van der Waals surface area contributed by atoms with Gasteiger partial charge in [-0.25, -0.2) is 0 Å². The second-order valence-corrected chi connectivity index (χ2v) is 6.79. The molecule has 0 saturated carbocycles. The van der Waals surface area contributed by atoms with E-state index in [-0.39, 0.29) is 0 Å². The Morgan fingerprint density at radius 2 is 1.88 bits per heavy atom. The van der Waals surface area contributed by atoms with Crippen LogP contribution in [0.2, 0.25) is 0 Å². The largest absolute Gasteiger partial charge is 0.493 e. The summed E-state index contributed by atoms with van der Waals surface area (Å²) in [5.41, 5.74) is 1.12. The Morgan fingerprint density at radius 3 is 2.52 bits per heavy atom. The molecule has 1 aliphatic heterocycles. The van der Waals surface area contributed by atoms with Crippen molar-refractivity contribution in [3.05, 3.63) is 22.2 Å². The normalized spacial score (nSPS) is 15.2. The molecule has 0 unspecified atom stereocenters. The molecular formula is C18H26BrN3O3. The van der Waals surface area contributed by atoms with Crippen LogP contribution >= 0.6 is 15.9 Å². The molecule has 1 aromatic rings. The highest BCUT2D eigenvalue weighted by molar-refractivity contribution is 9.10. The van der Waals surface area contributed by atoms with Crippen LogP contribution in [0.15, 0.2) is 16.6 Å². The highest BCUT2D eigenvalue weighted by Crippen LogP contribution is 2.33. The van der Waals surface area contributed by atoms with E-state index < -0.39 is 0 Å². The van der Waals surface area contributed by atoms with Crippen LogP contribution in [0.1, 0.15) is 12.0 Å². The minimum absolute atomic E-state index is 0.522. The topological polar surface area (TPSA) is 58.0 Å². The van der Waals surface area contributed by atoms with Crippen LogP contribution in [-0.2, 0) is 11.3 Å². The van der Waals surface area contributed by atoms with Gasteiger partial charge in [0.05, 0.1) is 33.5 Å². The molecule has 6 nitrogen and oxygen atoms in total. The fraction of sp³-hybridized carbons (Fsp3) is 0.611. The first-order valence-corrected chi connectivity index (χ1v) is 9.27. The molecule has 0 bridgehead atoms. The van der Waals surface area contributed by atoms with Gasteiger partial charge in [0.15, 0.2) is 11.5 Å². The molecule has 25 heavy (non-hydrogen) atoms. The maximum atomic E-state index is 8.95. The van der Waals surface area contributed by atoms with Crippen molar-refractivity contribution in [3.63, 3.8) is 0 Å². The maximum Gasteiger partial charge on any atom is 0.161 e. The first-order chi connectivity index (χ1) is 12.2. The second-order valence-electron chi connectivity index (χ2n) is 5.94. The molecule has 0 spiro atoms. The van der Waals surface area contributed by atoms with E-state index in [2.05, 4.69) is 31.8 Å². The van der Waals surface area contributed by atoms with E-state index in [1.807, 2.05) is 12.1 Å². The molecule has 0 radical (unpaired) electrons. The zero-order valence-electron chi connectivity index (χ0n) is 15.0. The summed E-state index contributed by atoms with van der Waals surface area (Å²) in [7, 11) is 3.27. The molecule has 2 rings (SSSR count). The first-order valence-electron chi connectivity index (χ1n) is 8.47. The second kappa shape index (κ2) is 10.6. The fourth-order valence-corrected chi connectivity index (χ4v) is 3.29. The third-order valence-electron chi connectivity index (χ3n) is 4.32. The molecule has 0 aliphatic carbocycles. The number of hydrogen-bond acceptors (Lipinski definition) is 6. The van der Waals surface area contributed by atoms with E-state index in [0.29, 0.717) is 17.9 Å². The molecule has 0 N–H and O–H groups in total. The van der Waals surface area contributed by atoms with Crippen LogP contribution in [-0.4, -0.2) is 70.0 Å². The maximum absolute atomic E-state index is 8.95. The summed E-state index contributed by atoms with van der Waals surface area (Å²) >= 11 is 3.62. The number of morpholine rings is 1. The summed E-state index contributed by atoms with van der Waals surface area (Å²) in [5.74, 6) is 1.42. The van der Waals surface area contributed by atoms with E-state index in [0.717, 1.165) is 62.5 Å². The molecule has 1 saturated heterocycles. The predicted octanol–water partition coefficient (Wildman–Crippen LogP) is 2.51. The number of benzene rings is 1. The molecule has 0 amide bonds. The fourth-order valence-electron chi connectivity index (χ4n) is 2.84. The Labute approximate surface area is 158 Å². The van der Waals surface area contributed by atoms with Gasteiger partial charge in [0.25, 0.3) is 0 Å². The zero-order valence-corrected chi connectivity index (χ0v) is 16.5. The molecule has 1 aliphatic rings. The zero-order chi connectivity index (χ0) is 18.1. The predicted molar refractivity (Wildman–Crippen MR) is 100 cm³/mol. The van der Waals surface area contributed by atoms with E-state index in [1.165, 1.54) is 0 Å². The molecule has 1 heterocycles. The van der Waals surface area contributed by atoms with E-state index >= 15 is 0 Å². The van der Waals surface area contributed by atoms with Gasteiger partial charge in [-0.05, 0) is 17.7 Å². The summed E-state index contributed by atoms with van der Waals surface area (Å²) in [6, 6.07) is 6.17. The van der Waals surface area contributed by atoms with Crippen LogP contribution in [0.5, 0.6) is 11.5 Å². The van der Waals surface area contributed by atoms with Crippen molar-refractivity contribution >= 4 is 15.9 Å². The third kappa shape index (κ3) is 6.15. The van der Waals surface area contributed by atoms with Crippen LogP contribution in [0.4, 0.5) is 0 Å². The van der Waals surface area contributed by atoms with Crippen LogP contribution in [0.25, 0.3) is 0 Å². The van der Waals surface area contributed by atoms with Crippen molar-refractivity contribution in [2.75, 3.05) is 60.2 Å². The lowest BCUT2D eigenvalue weighted by Gasteiger charge is -2.30. The molecule has 0 atom stereocenters. The Bertz CT molecular complexity index is 586. The molecule has 7 heteroatoms. The lowest BCUT2D eigenvalue weighted by Crippen LogP contribution is -2.41. The molecule has 0 aromatic heterocycles. The molecule has 1 fully saturated rings. The van der Waals surface area contributed by atoms with Crippen molar-refractivity contribution in [2.24, 2.45) is 0 Å². The SMILES string of the molecule is COc1cc(Br)c(CN(CCC#N)CCN2CCOCC2)cc1OC. The van der Waals surface area contributed by atoms with Gasteiger partial charge in [-0.15, -0.1) is 0 Å². The average molecular weight is 412 g/mol. The molecule has 138 valence electrons. The monoisotopic (exact) mass is 411 g/mol. The number of rotatable bonds is 9. The summed E-state index contributed by atoms with van der Waals surface area (Å²) in [4.78, 5) is 4.72. The van der Waals surface area contributed by atoms with E-state index in [4.69, 9.17) is 19.5 Å². The summed E-state index contributed by atoms with van der Waals surface area (Å²) < 4.78 is 17.1.